The maximum Gasteiger partial charge on any atom is 0.234 e. The van der Waals surface area contributed by atoms with Gasteiger partial charge in [-0.05, 0) is 56.2 Å². The minimum atomic E-state index is -3.72. The van der Waals surface area contributed by atoms with E-state index in [0.29, 0.717) is 17.1 Å². The lowest BCUT2D eigenvalue weighted by atomic mass is 10.1. The standard InChI is InChI=1S/C20H22N2O4S2/c1-12-4-5-13(2)16(8-12)21-19(23)9-14(3)28(25,26)15-6-7-18-17(10-15)22-20(24)11-27-18/h4-8,10,14H,9,11H2,1-3H3,(H,21,23)(H,22,24)/t14-/m1/s1. The average molecular weight is 419 g/mol. The fraction of sp³-hybridized carbons (Fsp3) is 0.300. The minimum absolute atomic E-state index is 0.0982. The molecular formula is C20H22N2O4S2. The van der Waals surface area contributed by atoms with E-state index in [0.717, 1.165) is 16.0 Å². The van der Waals surface area contributed by atoms with Crippen LogP contribution in [0.3, 0.4) is 0 Å². The molecule has 28 heavy (non-hydrogen) atoms. The summed E-state index contributed by atoms with van der Waals surface area (Å²) in [6, 6.07) is 10.4. The first-order chi connectivity index (χ1) is 13.2. The fourth-order valence-corrected chi connectivity index (χ4v) is 5.08. The average Bonchev–Trinajstić information content (AvgIpc) is 2.63. The van der Waals surface area contributed by atoms with Crippen LogP contribution in [0.4, 0.5) is 11.4 Å². The van der Waals surface area contributed by atoms with Crippen LogP contribution in [-0.4, -0.2) is 31.2 Å². The van der Waals surface area contributed by atoms with E-state index in [4.69, 9.17) is 0 Å². The van der Waals surface area contributed by atoms with Gasteiger partial charge in [0.2, 0.25) is 11.8 Å². The molecule has 0 aliphatic carbocycles. The third-order valence-corrected chi connectivity index (χ3v) is 7.79. The lowest BCUT2D eigenvalue weighted by Gasteiger charge is -2.19. The second-order valence-corrected chi connectivity index (χ2v) is 10.3. The van der Waals surface area contributed by atoms with Gasteiger partial charge in [-0.2, -0.15) is 0 Å². The SMILES string of the molecule is Cc1ccc(C)c(NC(=O)C[C@@H](C)S(=O)(=O)c2ccc3c(c2)NC(=O)CS3)c1. The number of thioether (sulfide) groups is 1. The molecule has 1 heterocycles. The number of fused-ring (bicyclic) bond motifs is 1. The van der Waals surface area contributed by atoms with E-state index in [2.05, 4.69) is 10.6 Å². The summed E-state index contributed by atoms with van der Waals surface area (Å²) in [4.78, 5) is 24.9. The van der Waals surface area contributed by atoms with Crippen molar-refractivity contribution >= 4 is 44.8 Å². The smallest absolute Gasteiger partial charge is 0.234 e. The highest BCUT2D eigenvalue weighted by molar-refractivity contribution is 8.00. The van der Waals surface area contributed by atoms with Crippen molar-refractivity contribution in [1.29, 1.82) is 0 Å². The Hall–Kier alpha value is -2.32. The van der Waals surface area contributed by atoms with Gasteiger partial charge in [-0.3, -0.25) is 9.59 Å². The Morgan fingerprint density at radius 2 is 1.96 bits per heavy atom. The summed E-state index contributed by atoms with van der Waals surface area (Å²) in [5.74, 6) is -0.201. The second-order valence-electron chi connectivity index (χ2n) is 6.92. The van der Waals surface area contributed by atoms with Crippen LogP contribution in [0.2, 0.25) is 0 Å². The molecule has 148 valence electrons. The molecule has 0 radical (unpaired) electrons. The Bertz CT molecular complexity index is 1050. The molecule has 0 unspecified atom stereocenters. The number of hydrogen-bond donors (Lipinski definition) is 2. The van der Waals surface area contributed by atoms with Crippen LogP contribution >= 0.6 is 11.8 Å². The normalized spacial score (nSPS) is 14.8. The van der Waals surface area contributed by atoms with Gasteiger partial charge in [0.1, 0.15) is 0 Å². The molecule has 2 aromatic rings. The van der Waals surface area contributed by atoms with E-state index < -0.39 is 15.1 Å². The molecule has 0 saturated carbocycles. The lowest BCUT2D eigenvalue weighted by molar-refractivity contribution is -0.116. The fourth-order valence-electron chi connectivity index (χ4n) is 2.91. The number of anilines is 2. The summed E-state index contributed by atoms with van der Waals surface area (Å²) in [7, 11) is -3.72. The van der Waals surface area contributed by atoms with Crippen molar-refractivity contribution in [1.82, 2.24) is 0 Å². The second kappa shape index (κ2) is 7.97. The van der Waals surface area contributed by atoms with Crippen molar-refractivity contribution in [2.75, 3.05) is 16.4 Å². The van der Waals surface area contributed by atoms with E-state index in [1.54, 1.807) is 6.07 Å². The van der Waals surface area contributed by atoms with Crippen molar-refractivity contribution in [3.8, 4) is 0 Å². The topological polar surface area (TPSA) is 92.3 Å². The van der Waals surface area contributed by atoms with Crippen LogP contribution in [-0.2, 0) is 19.4 Å². The molecule has 2 amide bonds. The summed E-state index contributed by atoms with van der Waals surface area (Å²) in [5.41, 5.74) is 3.10. The van der Waals surface area contributed by atoms with Crippen molar-refractivity contribution < 1.29 is 18.0 Å². The van der Waals surface area contributed by atoms with Gasteiger partial charge in [0.15, 0.2) is 9.84 Å². The molecule has 1 atom stereocenters. The van der Waals surface area contributed by atoms with Crippen LogP contribution in [0.1, 0.15) is 24.5 Å². The number of aryl methyl sites for hydroxylation is 2. The summed E-state index contributed by atoms with van der Waals surface area (Å²) in [6.07, 6.45) is -0.159. The summed E-state index contributed by atoms with van der Waals surface area (Å²) in [5, 5.41) is 4.59. The largest absolute Gasteiger partial charge is 0.326 e. The van der Waals surface area contributed by atoms with Crippen LogP contribution < -0.4 is 10.6 Å². The molecule has 8 heteroatoms. The molecule has 6 nitrogen and oxygen atoms in total. The van der Waals surface area contributed by atoms with Gasteiger partial charge in [-0.15, -0.1) is 11.8 Å². The summed E-state index contributed by atoms with van der Waals surface area (Å²) in [6.45, 7) is 5.33. The Balaban J connectivity index is 1.75. The lowest BCUT2D eigenvalue weighted by Crippen LogP contribution is -2.26. The highest BCUT2D eigenvalue weighted by Crippen LogP contribution is 2.34. The van der Waals surface area contributed by atoms with Crippen LogP contribution in [0.15, 0.2) is 46.2 Å². The maximum absolute atomic E-state index is 12.9. The zero-order valence-electron chi connectivity index (χ0n) is 15.9. The zero-order chi connectivity index (χ0) is 20.5. The van der Waals surface area contributed by atoms with Crippen LogP contribution in [0.25, 0.3) is 0 Å². The first kappa shape index (κ1) is 20.4. The first-order valence-electron chi connectivity index (χ1n) is 8.84. The molecule has 2 aromatic carbocycles. The number of rotatable bonds is 5. The molecule has 1 aliphatic rings. The Morgan fingerprint density at radius 3 is 2.71 bits per heavy atom. The van der Waals surface area contributed by atoms with Gasteiger partial charge >= 0.3 is 0 Å². The predicted octanol–water partition coefficient (Wildman–Crippen LogP) is 3.54. The molecule has 2 N–H and O–H groups in total. The monoisotopic (exact) mass is 418 g/mol. The minimum Gasteiger partial charge on any atom is -0.326 e. The van der Waals surface area contributed by atoms with E-state index >= 15 is 0 Å². The van der Waals surface area contributed by atoms with Crippen molar-refractivity contribution in [3.63, 3.8) is 0 Å². The van der Waals surface area contributed by atoms with Gasteiger partial charge in [0, 0.05) is 17.0 Å². The third-order valence-electron chi connectivity index (χ3n) is 4.58. The number of hydrogen-bond acceptors (Lipinski definition) is 5. The first-order valence-corrected chi connectivity index (χ1v) is 11.4. The number of sulfone groups is 1. The predicted molar refractivity (Wildman–Crippen MR) is 112 cm³/mol. The zero-order valence-corrected chi connectivity index (χ0v) is 17.5. The van der Waals surface area contributed by atoms with Gasteiger partial charge in [0.25, 0.3) is 0 Å². The van der Waals surface area contributed by atoms with Gasteiger partial charge < -0.3 is 10.6 Å². The van der Waals surface area contributed by atoms with Gasteiger partial charge in [-0.1, -0.05) is 12.1 Å². The number of carbonyl (C=O) groups is 2. The summed E-state index contributed by atoms with van der Waals surface area (Å²) >= 11 is 1.37. The van der Waals surface area contributed by atoms with E-state index in [9.17, 15) is 18.0 Å². The number of nitrogens with one attached hydrogen (secondary N) is 2. The Labute approximate surface area is 169 Å². The maximum atomic E-state index is 12.9. The number of carbonyl (C=O) groups excluding carboxylic acids is 2. The van der Waals surface area contributed by atoms with Crippen molar-refractivity contribution in [2.45, 2.75) is 42.2 Å². The van der Waals surface area contributed by atoms with Crippen LogP contribution in [0, 0.1) is 13.8 Å². The number of amides is 2. The quantitative estimate of drug-likeness (QED) is 0.775. The van der Waals surface area contributed by atoms with Crippen molar-refractivity contribution in [3.05, 3.63) is 47.5 Å². The molecule has 0 fully saturated rings. The Morgan fingerprint density at radius 1 is 1.21 bits per heavy atom. The van der Waals surface area contributed by atoms with E-state index in [1.165, 1.54) is 30.8 Å². The Kier molecular flexibility index (Phi) is 5.81. The molecule has 0 spiro atoms. The molecule has 1 aliphatic heterocycles. The summed E-state index contributed by atoms with van der Waals surface area (Å²) < 4.78 is 25.8. The highest BCUT2D eigenvalue weighted by Gasteiger charge is 2.27. The van der Waals surface area contributed by atoms with Crippen molar-refractivity contribution in [2.24, 2.45) is 0 Å². The van der Waals surface area contributed by atoms with E-state index in [-0.39, 0.29) is 23.1 Å². The third kappa shape index (κ3) is 4.39. The number of benzene rings is 2. The van der Waals surface area contributed by atoms with Gasteiger partial charge in [-0.25, -0.2) is 8.42 Å². The van der Waals surface area contributed by atoms with Gasteiger partial charge in [0.05, 0.1) is 21.6 Å². The molecule has 0 aromatic heterocycles. The molecular weight excluding hydrogens is 396 g/mol. The van der Waals surface area contributed by atoms with Crippen LogP contribution in [0.5, 0.6) is 0 Å². The highest BCUT2D eigenvalue weighted by atomic mass is 32.2. The molecule has 0 saturated heterocycles. The van der Waals surface area contributed by atoms with E-state index in [1.807, 2.05) is 32.0 Å². The molecule has 3 rings (SSSR count). The molecule has 0 bridgehead atoms.